The second-order valence-corrected chi connectivity index (χ2v) is 4.50. The van der Waals surface area contributed by atoms with Crippen LogP contribution >= 0.6 is 0 Å². The first-order valence-corrected chi connectivity index (χ1v) is 5.38. The van der Waals surface area contributed by atoms with Gasteiger partial charge >= 0.3 is 5.97 Å². The van der Waals surface area contributed by atoms with Crippen LogP contribution in [0.15, 0.2) is 18.3 Å². The van der Waals surface area contributed by atoms with Crippen molar-refractivity contribution in [2.24, 2.45) is 5.41 Å². The molecule has 1 aromatic heterocycles. The molecule has 0 saturated heterocycles. The topological polar surface area (TPSA) is 88.5 Å². The molecule has 0 aliphatic heterocycles. The smallest absolute Gasteiger partial charge is 0.309 e. The van der Waals surface area contributed by atoms with Gasteiger partial charge in [0.2, 0.25) is 11.8 Å². The molecule has 0 atom stereocenters. The highest BCUT2D eigenvalue weighted by Gasteiger charge is 2.30. The summed E-state index contributed by atoms with van der Waals surface area (Å²) in [6.07, 6.45) is 1.35. The summed E-state index contributed by atoms with van der Waals surface area (Å²) in [6, 6.07) is 3.25. The Morgan fingerprint density at radius 1 is 1.44 bits per heavy atom. The maximum absolute atomic E-state index is 11.7. The van der Waals surface area contributed by atoms with E-state index in [1.165, 1.54) is 27.2 Å². The highest BCUT2D eigenvalue weighted by atomic mass is 16.5. The third-order valence-corrected chi connectivity index (χ3v) is 2.41. The van der Waals surface area contributed by atoms with E-state index < -0.39 is 11.4 Å². The third kappa shape index (κ3) is 3.73. The summed E-state index contributed by atoms with van der Waals surface area (Å²) in [5.41, 5.74) is -0.591. The van der Waals surface area contributed by atoms with E-state index in [9.17, 15) is 9.59 Å². The van der Waals surface area contributed by atoms with Crippen LogP contribution in [0.25, 0.3) is 0 Å². The van der Waals surface area contributed by atoms with Crippen LogP contribution in [0.4, 0.5) is 5.69 Å². The van der Waals surface area contributed by atoms with Gasteiger partial charge in [-0.1, -0.05) is 0 Å². The number of carboxylic acids is 1. The van der Waals surface area contributed by atoms with Crippen molar-refractivity contribution in [3.63, 3.8) is 0 Å². The van der Waals surface area contributed by atoms with E-state index in [0.717, 1.165) is 0 Å². The number of ether oxygens (including phenoxy) is 1. The Labute approximate surface area is 105 Å². The van der Waals surface area contributed by atoms with Crippen molar-refractivity contribution < 1.29 is 19.4 Å². The third-order valence-electron chi connectivity index (χ3n) is 2.41. The summed E-state index contributed by atoms with van der Waals surface area (Å²) in [7, 11) is 1.50. The molecule has 0 unspecified atom stereocenters. The summed E-state index contributed by atoms with van der Waals surface area (Å²) >= 11 is 0. The summed E-state index contributed by atoms with van der Waals surface area (Å²) in [6.45, 7) is 3.00. The summed E-state index contributed by atoms with van der Waals surface area (Å²) in [5, 5.41) is 11.5. The van der Waals surface area contributed by atoms with Gasteiger partial charge in [0.1, 0.15) is 0 Å². The second kappa shape index (κ2) is 5.48. The predicted molar refractivity (Wildman–Crippen MR) is 65.5 cm³/mol. The van der Waals surface area contributed by atoms with Crippen LogP contribution in [0.5, 0.6) is 5.88 Å². The van der Waals surface area contributed by atoms with Crippen LogP contribution in [-0.2, 0) is 9.59 Å². The molecule has 1 aromatic rings. The van der Waals surface area contributed by atoms with E-state index >= 15 is 0 Å². The van der Waals surface area contributed by atoms with Crippen molar-refractivity contribution in [2.45, 2.75) is 20.3 Å². The zero-order valence-corrected chi connectivity index (χ0v) is 10.6. The molecule has 1 amide bonds. The van der Waals surface area contributed by atoms with E-state index in [2.05, 4.69) is 10.3 Å². The van der Waals surface area contributed by atoms with Gasteiger partial charge in [-0.2, -0.15) is 0 Å². The van der Waals surface area contributed by atoms with E-state index in [1.807, 2.05) is 0 Å². The van der Waals surface area contributed by atoms with E-state index in [1.54, 1.807) is 12.1 Å². The number of rotatable bonds is 5. The average Bonchev–Trinajstić information content (AvgIpc) is 2.29. The number of pyridine rings is 1. The lowest BCUT2D eigenvalue weighted by Crippen LogP contribution is -2.29. The molecular weight excluding hydrogens is 236 g/mol. The molecule has 0 aromatic carbocycles. The van der Waals surface area contributed by atoms with Crippen LogP contribution in [0, 0.1) is 5.41 Å². The molecule has 0 aliphatic carbocycles. The molecule has 1 heterocycles. The standard InChI is InChI=1S/C12H16N2O4/c1-12(2,11(16)17)6-9(15)14-8-4-5-10(18-3)13-7-8/h4-5,7H,6H2,1-3H3,(H,14,15)(H,16,17). The minimum Gasteiger partial charge on any atom is -0.481 e. The number of amides is 1. The fourth-order valence-electron chi connectivity index (χ4n) is 1.26. The largest absolute Gasteiger partial charge is 0.481 e. The van der Waals surface area contributed by atoms with Gasteiger partial charge in [0.15, 0.2) is 0 Å². The molecule has 1 rings (SSSR count). The molecule has 0 aliphatic rings. The highest BCUT2D eigenvalue weighted by molar-refractivity contribution is 5.93. The molecular formula is C12H16N2O4. The van der Waals surface area contributed by atoms with E-state index in [-0.39, 0.29) is 12.3 Å². The first kappa shape index (κ1) is 14.0. The number of aromatic nitrogens is 1. The van der Waals surface area contributed by atoms with Gasteiger partial charge in [-0.05, 0) is 19.9 Å². The van der Waals surface area contributed by atoms with Crippen molar-refractivity contribution in [2.75, 3.05) is 12.4 Å². The van der Waals surface area contributed by atoms with Crippen molar-refractivity contribution in [3.8, 4) is 5.88 Å². The van der Waals surface area contributed by atoms with Crippen molar-refractivity contribution in [1.29, 1.82) is 0 Å². The van der Waals surface area contributed by atoms with Gasteiger partial charge in [-0.3, -0.25) is 9.59 Å². The Kier molecular flexibility index (Phi) is 4.25. The second-order valence-electron chi connectivity index (χ2n) is 4.50. The molecule has 0 radical (unpaired) electrons. The monoisotopic (exact) mass is 252 g/mol. The quantitative estimate of drug-likeness (QED) is 0.829. The maximum Gasteiger partial charge on any atom is 0.309 e. The van der Waals surface area contributed by atoms with Crippen LogP contribution in [0.2, 0.25) is 0 Å². The van der Waals surface area contributed by atoms with Gasteiger partial charge in [0.25, 0.3) is 0 Å². The van der Waals surface area contributed by atoms with Gasteiger partial charge in [0.05, 0.1) is 24.4 Å². The van der Waals surface area contributed by atoms with Crippen molar-refractivity contribution in [1.82, 2.24) is 4.98 Å². The van der Waals surface area contributed by atoms with Crippen molar-refractivity contribution >= 4 is 17.6 Å². The zero-order chi connectivity index (χ0) is 13.8. The van der Waals surface area contributed by atoms with Crippen LogP contribution in [0.3, 0.4) is 0 Å². The number of hydrogen-bond donors (Lipinski definition) is 2. The molecule has 18 heavy (non-hydrogen) atoms. The van der Waals surface area contributed by atoms with Gasteiger partial charge in [0, 0.05) is 12.5 Å². The zero-order valence-electron chi connectivity index (χ0n) is 10.6. The highest BCUT2D eigenvalue weighted by Crippen LogP contribution is 2.21. The SMILES string of the molecule is COc1ccc(NC(=O)CC(C)(C)C(=O)O)cn1. The molecule has 0 spiro atoms. The molecule has 0 fully saturated rings. The molecule has 2 N–H and O–H groups in total. The Balaban J connectivity index is 2.62. The average molecular weight is 252 g/mol. The number of hydrogen-bond acceptors (Lipinski definition) is 4. The number of anilines is 1. The van der Waals surface area contributed by atoms with Gasteiger partial charge < -0.3 is 15.2 Å². The predicted octanol–water partition coefficient (Wildman–Crippen LogP) is 1.53. The first-order chi connectivity index (χ1) is 8.35. The number of methoxy groups -OCH3 is 1. The Hall–Kier alpha value is -2.11. The number of carbonyl (C=O) groups excluding carboxylic acids is 1. The molecule has 0 saturated carbocycles. The van der Waals surface area contributed by atoms with Gasteiger partial charge in [-0.25, -0.2) is 4.98 Å². The Morgan fingerprint density at radius 3 is 2.56 bits per heavy atom. The lowest BCUT2D eigenvalue weighted by atomic mass is 9.89. The Bertz CT molecular complexity index is 440. The maximum atomic E-state index is 11.7. The minimum absolute atomic E-state index is 0.103. The lowest BCUT2D eigenvalue weighted by molar-refractivity contribution is -0.148. The lowest BCUT2D eigenvalue weighted by Gasteiger charge is -2.18. The fraction of sp³-hybridized carbons (Fsp3) is 0.417. The van der Waals surface area contributed by atoms with Crippen LogP contribution in [-0.4, -0.2) is 29.1 Å². The fourth-order valence-corrected chi connectivity index (χ4v) is 1.26. The summed E-state index contributed by atoms with van der Waals surface area (Å²) < 4.78 is 4.88. The molecule has 0 bridgehead atoms. The number of aliphatic carboxylic acids is 1. The van der Waals surface area contributed by atoms with E-state index in [0.29, 0.717) is 11.6 Å². The summed E-state index contributed by atoms with van der Waals surface area (Å²) in [4.78, 5) is 26.5. The molecule has 6 nitrogen and oxygen atoms in total. The first-order valence-electron chi connectivity index (χ1n) is 5.38. The minimum atomic E-state index is -1.09. The van der Waals surface area contributed by atoms with Crippen LogP contribution in [0.1, 0.15) is 20.3 Å². The normalized spacial score (nSPS) is 10.8. The Morgan fingerprint density at radius 2 is 2.11 bits per heavy atom. The van der Waals surface area contributed by atoms with E-state index in [4.69, 9.17) is 9.84 Å². The number of nitrogens with zero attached hydrogens (tertiary/aromatic N) is 1. The summed E-state index contributed by atoms with van der Waals surface area (Å²) in [5.74, 6) is -0.932. The van der Waals surface area contributed by atoms with Crippen LogP contribution < -0.4 is 10.1 Å². The number of nitrogens with one attached hydrogen (secondary N) is 1. The molecule has 98 valence electrons. The molecule has 6 heteroatoms. The number of carbonyl (C=O) groups is 2. The number of carboxylic acid groups (broad SMARTS) is 1. The van der Waals surface area contributed by atoms with Gasteiger partial charge in [-0.15, -0.1) is 0 Å². The van der Waals surface area contributed by atoms with Crippen molar-refractivity contribution in [3.05, 3.63) is 18.3 Å².